The molecule has 7 nitrogen and oxygen atoms in total. The van der Waals surface area contributed by atoms with Crippen molar-refractivity contribution in [3.63, 3.8) is 0 Å². The summed E-state index contributed by atoms with van der Waals surface area (Å²) in [4.78, 5) is 4.28. The molecule has 0 spiro atoms. The highest BCUT2D eigenvalue weighted by Crippen LogP contribution is 2.22. The molecule has 0 saturated heterocycles. The second kappa shape index (κ2) is 10.7. The molecule has 0 aliphatic carbocycles. The summed E-state index contributed by atoms with van der Waals surface area (Å²) in [5.74, 6) is 1.55. The van der Waals surface area contributed by atoms with E-state index >= 15 is 0 Å². The first kappa shape index (κ1) is 22.5. The second-order valence-electron chi connectivity index (χ2n) is 6.33. The number of hydrogen-bond acceptors (Lipinski definition) is 4. The fraction of sp³-hybridized carbons (Fsp3) is 0.238. The maximum Gasteiger partial charge on any atom is 0.191 e. The van der Waals surface area contributed by atoms with E-state index in [2.05, 4.69) is 39.8 Å². The Labute approximate surface area is 187 Å². The van der Waals surface area contributed by atoms with Crippen molar-refractivity contribution in [1.29, 1.82) is 0 Å². The van der Waals surface area contributed by atoms with Crippen LogP contribution in [-0.2, 0) is 6.54 Å². The van der Waals surface area contributed by atoms with Gasteiger partial charge in [0.15, 0.2) is 5.96 Å². The lowest BCUT2D eigenvalue weighted by Crippen LogP contribution is -2.38. The molecule has 29 heavy (non-hydrogen) atoms. The summed E-state index contributed by atoms with van der Waals surface area (Å²) in [6.07, 6.45) is 3.67. The average Bonchev–Trinajstić information content (AvgIpc) is 3.27. The van der Waals surface area contributed by atoms with Crippen molar-refractivity contribution in [3.8, 4) is 17.2 Å². The summed E-state index contributed by atoms with van der Waals surface area (Å²) in [7, 11) is 3.32. The van der Waals surface area contributed by atoms with E-state index in [1.165, 1.54) is 0 Å². The number of rotatable bonds is 6. The number of ether oxygens (including phenoxy) is 1. The summed E-state index contributed by atoms with van der Waals surface area (Å²) in [6.45, 7) is 2.49. The smallest absolute Gasteiger partial charge is 0.191 e. The van der Waals surface area contributed by atoms with Crippen molar-refractivity contribution in [3.05, 3.63) is 72.1 Å². The van der Waals surface area contributed by atoms with Crippen molar-refractivity contribution in [2.24, 2.45) is 4.99 Å². The molecule has 154 valence electrons. The predicted molar refractivity (Wildman–Crippen MR) is 125 cm³/mol. The molecule has 3 aromatic rings. The minimum absolute atomic E-state index is 0. The number of aliphatic imine (C=N–C) groups is 1. The first-order chi connectivity index (χ1) is 13.6. The van der Waals surface area contributed by atoms with Crippen LogP contribution in [-0.4, -0.2) is 35.0 Å². The standard InChI is InChI=1S/C21H25N5O2.HI/c1-15(16-6-4-7-18(12-16)26-11-5-10-24-26)25-21(22-2)23-14-17-13-19(28-3)8-9-20(17)27;/h4-13,15,27H,14H2,1-3H3,(H2,22,23,25);1H. The molecule has 1 unspecified atom stereocenters. The van der Waals surface area contributed by atoms with Crippen LogP contribution in [0.4, 0.5) is 0 Å². The van der Waals surface area contributed by atoms with Crippen LogP contribution in [0.5, 0.6) is 11.5 Å². The topological polar surface area (TPSA) is 83.7 Å². The minimum atomic E-state index is 0. The fourth-order valence-corrected chi connectivity index (χ4v) is 2.85. The van der Waals surface area contributed by atoms with Gasteiger partial charge in [-0.05, 0) is 48.9 Å². The Kier molecular flexibility index (Phi) is 8.32. The quantitative estimate of drug-likeness (QED) is 0.270. The first-order valence-electron chi connectivity index (χ1n) is 9.03. The normalized spacial score (nSPS) is 12.0. The monoisotopic (exact) mass is 507 g/mol. The molecular weight excluding hydrogens is 481 g/mol. The van der Waals surface area contributed by atoms with Crippen LogP contribution < -0.4 is 15.4 Å². The number of methoxy groups -OCH3 is 1. The van der Waals surface area contributed by atoms with Crippen LogP contribution in [0.2, 0.25) is 0 Å². The number of guanidine groups is 1. The van der Waals surface area contributed by atoms with Gasteiger partial charge >= 0.3 is 0 Å². The second-order valence-corrected chi connectivity index (χ2v) is 6.33. The largest absolute Gasteiger partial charge is 0.508 e. The van der Waals surface area contributed by atoms with Crippen molar-refractivity contribution in [2.45, 2.75) is 19.5 Å². The van der Waals surface area contributed by atoms with Gasteiger partial charge in [0.2, 0.25) is 0 Å². The number of phenols is 1. The molecule has 0 bridgehead atoms. The average molecular weight is 507 g/mol. The fourth-order valence-electron chi connectivity index (χ4n) is 2.85. The molecular formula is C21H26IN5O2. The maximum absolute atomic E-state index is 10.0. The van der Waals surface area contributed by atoms with E-state index < -0.39 is 0 Å². The highest BCUT2D eigenvalue weighted by Gasteiger charge is 2.10. The summed E-state index contributed by atoms with van der Waals surface area (Å²) < 4.78 is 7.04. The van der Waals surface area contributed by atoms with Gasteiger partial charge < -0.3 is 20.5 Å². The third-order valence-corrected chi connectivity index (χ3v) is 4.45. The first-order valence-corrected chi connectivity index (χ1v) is 9.03. The summed E-state index contributed by atoms with van der Waals surface area (Å²) in [5, 5.41) is 20.9. The van der Waals surface area contributed by atoms with Gasteiger partial charge in [-0.1, -0.05) is 12.1 Å². The van der Waals surface area contributed by atoms with Gasteiger partial charge in [0, 0.05) is 31.5 Å². The maximum atomic E-state index is 10.0. The molecule has 1 atom stereocenters. The summed E-state index contributed by atoms with van der Waals surface area (Å²) >= 11 is 0. The highest BCUT2D eigenvalue weighted by atomic mass is 127. The van der Waals surface area contributed by atoms with Crippen LogP contribution >= 0.6 is 24.0 Å². The molecule has 3 rings (SSSR count). The van der Waals surface area contributed by atoms with Crippen molar-refractivity contribution in [1.82, 2.24) is 20.4 Å². The molecule has 0 fully saturated rings. The van der Waals surface area contributed by atoms with Crippen LogP contribution in [0.15, 0.2) is 65.9 Å². The predicted octanol–water partition coefficient (Wildman–Crippen LogP) is 3.63. The van der Waals surface area contributed by atoms with Crippen LogP contribution in [0, 0.1) is 0 Å². The van der Waals surface area contributed by atoms with E-state index in [0.717, 1.165) is 16.8 Å². The Hall–Kier alpha value is -2.75. The zero-order valence-electron chi connectivity index (χ0n) is 16.7. The zero-order valence-corrected chi connectivity index (χ0v) is 19.0. The number of benzene rings is 2. The number of phenolic OH excluding ortho intramolecular Hbond substituents is 1. The van der Waals surface area contributed by atoms with E-state index in [1.54, 1.807) is 38.6 Å². The number of aromatic hydroxyl groups is 1. The molecule has 2 aromatic carbocycles. The van der Waals surface area contributed by atoms with Crippen molar-refractivity contribution < 1.29 is 9.84 Å². The third kappa shape index (κ3) is 5.86. The number of nitrogens with one attached hydrogen (secondary N) is 2. The van der Waals surface area contributed by atoms with Crippen molar-refractivity contribution in [2.75, 3.05) is 14.2 Å². The molecule has 0 aliphatic heterocycles. The van der Waals surface area contributed by atoms with Gasteiger partial charge in [-0.25, -0.2) is 4.68 Å². The number of halogens is 1. The molecule has 1 heterocycles. The Morgan fingerprint density at radius 2 is 2.07 bits per heavy atom. The van der Waals surface area contributed by atoms with Gasteiger partial charge in [0.25, 0.3) is 0 Å². The van der Waals surface area contributed by atoms with Gasteiger partial charge in [0.1, 0.15) is 11.5 Å². The lowest BCUT2D eigenvalue weighted by atomic mass is 10.1. The molecule has 8 heteroatoms. The lowest BCUT2D eigenvalue weighted by Gasteiger charge is -2.19. The Morgan fingerprint density at radius 3 is 2.76 bits per heavy atom. The number of hydrogen-bond donors (Lipinski definition) is 3. The minimum Gasteiger partial charge on any atom is -0.508 e. The Balaban J connectivity index is 0.00000300. The van der Waals surface area contributed by atoms with Crippen molar-refractivity contribution >= 4 is 29.9 Å². The van der Waals surface area contributed by atoms with E-state index in [1.807, 2.05) is 29.1 Å². The third-order valence-electron chi connectivity index (χ3n) is 4.45. The van der Waals surface area contributed by atoms with E-state index in [0.29, 0.717) is 18.3 Å². The van der Waals surface area contributed by atoms with Gasteiger partial charge in [-0.15, -0.1) is 24.0 Å². The number of nitrogens with zero attached hydrogens (tertiary/aromatic N) is 3. The van der Waals surface area contributed by atoms with E-state index in [-0.39, 0.29) is 35.8 Å². The van der Waals surface area contributed by atoms with Gasteiger partial charge in [-0.3, -0.25) is 4.99 Å². The SMILES string of the molecule is CN=C(NCc1cc(OC)ccc1O)NC(C)c1cccc(-n2cccn2)c1.I. The molecule has 0 amide bonds. The van der Waals surface area contributed by atoms with Gasteiger partial charge in [0.05, 0.1) is 18.8 Å². The summed E-state index contributed by atoms with van der Waals surface area (Å²) in [6, 6.07) is 15.2. The number of aromatic nitrogens is 2. The lowest BCUT2D eigenvalue weighted by molar-refractivity contribution is 0.410. The Morgan fingerprint density at radius 1 is 1.24 bits per heavy atom. The van der Waals surface area contributed by atoms with Crippen LogP contribution in [0.3, 0.4) is 0 Å². The zero-order chi connectivity index (χ0) is 19.9. The van der Waals surface area contributed by atoms with E-state index in [9.17, 15) is 5.11 Å². The van der Waals surface area contributed by atoms with E-state index in [4.69, 9.17) is 4.74 Å². The molecule has 1 aromatic heterocycles. The van der Waals surface area contributed by atoms with Crippen LogP contribution in [0.1, 0.15) is 24.1 Å². The molecule has 0 aliphatic rings. The van der Waals surface area contributed by atoms with Gasteiger partial charge in [-0.2, -0.15) is 5.10 Å². The highest BCUT2D eigenvalue weighted by molar-refractivity contribution is 14.0. The molecule has 0 saturated carbocycles. The summed E-state index contributed by atoms with van der Waals surface area (Å²) in [5.41, 5.74) is 2.84. The molecule has 0 radical (unpaired) electrons. The molecule has 3 N–H and O–H groups in total. The Bertz CT molecular complexity index is 944. The van der Waals surface area contributed by atoms with Crippen LogP contribution in [0.25, 0.3) is 5.69 Å².